The number of benzene rings is 1. The number of carbonyl (C=O) groups is 1. The molecule has 1 aromatic heterocycles. The van der Waals surface area contributed by atoms with Crippen LogP contribution in [0.3, 0.4) is 0 Å². The topological polar surface area (TPSA) is 81.8 Å². The molecule has 1 atom stereocenters. The fourth-order valence-electron chi connectivity index (χ4n) is 2.25. The Bertz CT molecular complexity index is 776. The van der Waals surface area contributed by atoms with E-state index in [9.17, 15) is 9.90 Å². The minimum atomic E-state index is -2.28. The van der Waals surface area contributed by atoms with Crippen LogP contribution in [-0.4, -0.2) is 31.0 Å². The molecule has 0 spiro atoms. The van der Waals surface area contributed by atoms with Crippen molar-refractivity contribution in [1.29, 1.82) is 0 Å². The summed E-state index contributed by atoms with van der Waals surface area (Å²) in [6, 6.07) is 3.32. The number of fused-ring (bicyclic) bond motifs is 1. The fraction of sp³-hybridized carbons (Fsp3) is 0.556. The monoisotopic (exact) mass is 365 g/mol. The number of phenolic OH excluding ortho intramolecular Hbond substituents is 1. The Kier molecular flexibility index (Phi) is 5.29. The van der Waals surface area contributed by atoms with Crippen LogP contribution >= 0.6 is 0 Å². The van der Waals surface area contributed by atoms with Crippen LogP contribution in [0.5, 0.6) is 5.75 Å². The molecule has 6 nitrogen and oxygen atoms in total. The summed E-state index contributed by atoms with van der Waals surface area (Å²) in [7, 11) is -2.28. The summed E-state index contributed by atoms with van der Waals surface area (Å²) in [6.07, 6.45) is -0.998. The van der Waals surface area contributed by atoms with Gasteiger partial charge in [-0.25, -0.2) is 9.78 Å². The van der Waals surface area contributed by atoms with E-state index in [1.807, 2.05) is 0 Å². The molecule has 2 rings (SSSR count). The minimum absolute atomic E-state index is 0.0953. The van der Waals surface area contributed by atoms with Crippen LogP contribution in [0.15, 0.2) is 16.5 Å². The molecule has 1 heterocycles. The summed E-state index contributed by atoms with van der Waals surface area (Å²) in [6.45, 7) is 14.0. The highest BCUT2D eigenvalue weighted by Crippen LogP contribution is 2.42. The normalized spacial score (nSPS) is 13.9. The van der Waals surface area contributed by atoms with E-state index in [1.165, 1.54) is 0 Å². The highest BCUT2D eigenvalue weighted by atomic mass is 28.4. The number of esters is 1. The molecule has 7 heteroatoms. The van der Waals surface area contributed by atoms with Gasteiger partial charge in [-0.3, -0.25) is 0 Å². The lowest BCUT2D eigenvalue weighted by Gasteiger charge is -2.38. The average Bonchev–Trinajstić information content (AvgIpc) is 2.86. The largest absolute Gasteiger partial charge is 0.505 e. The number of nitrogens with zero attached hydrogens (tertiary/aromatic N) is 1. The van der Waals surface area contributed by atoms with E-state index >= 15 is 0 Å². The van der Waals surface area contributed by atoms with Crippen molar-refractivity contribution in [2.24, 2.45) is 0 Å². The molecule has 1 aromatic carbocycles. The van der Waals surface area contributed by atoms with Crippen LogP contribution in [0.2, 0.25) is 18.1 Å². The molecule has 0 fully saturated rings. The highest BCUT2D eigenvalue weighted by molar-refractivity contribution is 6.74. The van der Waals surface area contributed by atoms with Gasteiger partial charge in [0, 0.05) is 12.5 Å². The van der Waals surface area contributed by atoms with Gasteiger partial charge < -0.3 is 18.7 Å². The second-order valence-electron chi connectivity index (χ2n) is 7.59. The number of aromatic hydroxyl groups is 1. The summed E-state index contributed by atoms with van der Waals surface area (Å²) in [4.78, 5) is 16.8. The molecular weight excluding hydrogens is 338 g/mol. The number of rotatable bonds is 5. The average molecular weight is 366 g/mol. The van der Waals surface area contributed by atoms with Gasteiger partial charge in [0.25, 0.3) is 0 Å². The lowest BCUT2D eigenvalue weighted by Crippen LogP contribution is -2.43. The van der Waals surface area contributed by atoms with Crippen LogP contribution in [0.4, 0.5) is 0 Å². The summed E-state index contributed by atoms with van der Waals surface area (Å²) < 4.78 is 16.9. The number of oxazole rings is 1. The molecule has 1 unspecified atom stereocenters. The van der Waals surface area contributed by atoms with Gasteiger partial charge in [-0.15, -0.1) is 0 Å². The molecule has 0 aliphatic carbocycles. The number of hydrogen-bond acceptors (Lipinski definition) is 6. The van der Waals surface area contributed by atoms with Gasteiger partial charge in [0.2, 0.25) is 0 Å². The molecule has 0 bridgehead atoms. The Labute approximate surface area is 149 Å². The number of hydrogen-bond donors (Lipinski definition) is 1. The van der Waals surface area contributed by atoms with Crippen LogP contribution in [-0.2, 0) is 14.0 Å². The van der Waals surface area contributed by atoms with Crippen molar-refractivity contribution in [3.63, 3.8) is 0 Å². The van der Waals surface area contributed by atoms with E-state index < -0.39 is 20.4 Å². The molecule has 25 heavy (non-hydrogen) atoms. The number of phenols is 1. The van der Waals surface area contributed by atoms with Gasteiger partial charge in [-0.2, -0.15) is 0 Å². The molecule has 0 amide bonds. The predicted molar refractivity (Wildman–Crippen MR) is 98.1 cm³/mol. The quantitative estimate of drug-likeness (QED) is 0.622. The van der Waals surface area contributed by atoms with Crippen LogP contribution in [0.25, 0.3) is 11.1 Å². The van der Waals surface area contributed by atoms with Crippen LogP contribution in [0.1, 0.15) is 45.3 Å². The number of ether oxygens (including phenoxy) is 1. The van der Waals surface area contributed by atoms with Crippen molar-refractivity contribution < 1.29 is 23.5 Å². The molecule has 0 saturated carbocycles. The SMILES string of the molecule is CCOC(=O)C(O[Si](C)(C)C(C)(C)C)c1ccc2oc(C)nc2c1O. The molecule has 0 saturated heterocycles. The van der Waals surface area contributed by atoms with Gasteiger partial charge in [-0.1, -0.05) is 20.8 Å². The van der Waals surface area contributed by atoms with Gasteiger partial charge in [0.05, 0.1) is 6.61 Å². The third kappa shape index (κ3) is 3.87. The molecule has 0 aliphatic rings. The van der Waals surface area contributed by atoms with Crippen molar-refractivity contribution >= 4 is 25.4 Å². The first-order valence-corrected chi connectivity index (χ1v) is 11.3. The first-order valence-electron chi connectivity index (χ1n) is 8.41. The Morgan fingerprint density at radius 1 is 1.36 bits per heavy atom. The molecule has 138 valence electrons. The summed E-state index contributed by atoms with van der Waals surface area (Å²) >= 11 is 0. The van der Waals surface area contributed by atoms with Crippen molar-refractivity contribution in [2.45, 2.75) is 58.9 Å². The Morgan fingerprint density at radius 2 is 2.00 bits per heavy atom. The zero-order chi connectivity index (χ0) is 19.0. The van der Waals surface area contributed by atoms with Gasteiger partial charge in [0.1, 0.15) is 0 Å². The molecule has 1 N–H and O–H groups in total. The summed E-state index contributed by atoms with van der Waals surface area (Å²) in [5.74, 6) is -0.172. The van der Waals surface area contributed by atoms with E-state index in [2.05, 4.69) is 38.8 Å². The van der Waals surface area contributed by atoms with Crippen molar-refractivity contribution in [2.75, 3.05) is 6.61 Å². The summed E-state index contributed by atoms with van der Waals surface area (Å²) in [5.41, 5.74) is 1.14. The Balaban J connectivity index is 2.52. The third-order valence-corrected chi connectivity index (χ3v) is 9.11. The predicted octanol–water partition coefficient (Wildman–Crippen LogP) is 4.47. The maximum atomic E-state index is 12.6. The maximum Gasteiger partial charge on any atom is 0.338 e. The molecular formula is C18H27NO5Si. The summed E-state index contributed by atoms with van der Waals surface area (Å²) in [5, 5.41) is 10.6. The van der Waals surface area contributed by atoms with E-state index in [0.29, 0.717) is 22.6 Å². The number of aryl methyl sites for hydroxylation is 1. The van der Waals surface area contributed by atoms with Crippen LogP contribution in [0, 0.1) is 6.92 Å². The van der Waals surface area contributed by atoms with E-state index in [-0.39, 0.29) is 17.4 Å². The Morgan fingerprint density at radius 3 is 2.56 bits per heavy atom. The molecule has 2 aromatic rings. The molecule has 0 aliphatic heterocycles. The lowest BCUT2D eigenvalue weighted by molar-refractivity contribution is -0.152. The second-order valence-corrected chi connectivity index (χ2v) is 12.3. The highest BCUT2D eigenvalue weighted by Gasteiger charge is 2.42. The number of aromatic nitrogens is 1. The standard InChI is InChI=1S/C18H27NO5Si/c1-8-22-17(21)16(24-25(6,7)18(3,4)5)12-9-10-13-14(15(12)20)19-11(2)23-13/h9-10,16,20H,8H2,1-7H3. The zero-order valence-electron chi connectivity index (χ0n) is 16.0. The minimum Gasteiger partial charge on any atom is -0.505 e. The Hall–Kier alpha value is -1.86. The van der Waals surface area contributed by atoms with Gasteiger partial charge in [-0.05, 0) is 37.2 Å². The van der Waals surface area contributed by atoms with Crippen molar-refractivity contribution in [1.82, 2.24) is 4.98 Å². The van der Waals surface area contributed by atoms with Crippen molar-refractivity contribution in [3.05, 3.63) is 23.6 Å². The zero-order valence-corrected chi connectivity index (χ0v) is 17.0. The van der Waals surface area contributed by atoms with Gasteiger partial charge in [0.15, 0.2) is 37.2 Å². The van der Waals surface area contributed by atoms with E-state index in [1.54, 1.807) is 26.0 Å². The van der Waals surface area contributed by atoms with Gasteiger partial charge >= 0.3 is 5.97 Å². The second kappa shape index (κ2) is 6.80. The number of carbonyl (C=O) groups excluding carboxylic acids is 1. The third-order valence-electron chi connectivity index (χ3n) is 4.67. The lowest BCUT2D eigenvalue weighted by atomic mass is 10.1. The first kappa shape index (κ1) is 19.5. The van der Waals surface area contributed by atoms with E-state index in [0.717, 1.165) is 0 Å². The first-order chi connectivity index (χ1) is 11.5. The van der Waals surface area contributed by atoms with E-state index in [4.69, 9.17) is 13.6 Å². The smallest absolute Gasteiger partial charge is 0.338 e. The van der Waals surface area contributed by atoms with Crippen LogP contribution < -0.4 is 0 Å². The molecule has 0 radical (unpaired) electrons. The maximum absolute atomic E-state index is 12.6. The van der Waals surface area contributed by atoms with Crippen molar-refractivity contribution in [3.8, 4) is 5.75 Å². The fourth-order valence-corrected chi connectivity index (χ4v) is 3.41.